The first-order valence-corrected chi connectivity index (χ1v) is 7.41. The van der Waals surface area contributed by atoms with Crippen molar-refractivity contribution >= 4 is 45.4 Å². The number of nitrogens with zero attached hydrogens (tertiary/aromatic N) is 3. The number of non-ortho nitro benzene ring substituents is 1. The molecule has 0 aliphatic heterocycles. The SMILES string of the molecule is CCc1nnc(NC(=S)NC(=O)c2cccc([N+](=O)[O-])c2)s1. The molecule has 2 rings (SSSR count). The number of aromatic nitrogens is 2. The maximum absolute atomic E-state index is 12.0. The predicted molar refractivity (Wildman–Crippen MR) is 86.1 cm³/mol. The fourth-order valence-electron chi connectivity index (χ4n) is 1.51. The summed E-state index contributed by atoms with van der Waals surface area (Å²) in [5, 5.41) is 25.0. The molecule has 0 atom stereocenters. The summed E-state index contributed by atoms with van der Waals surface area (Å²) in [6, 6.07) is 5.38. The number of nitro groups is 1. The summed E-state index contributed by atoms with van der Waals surface area (Å²) in [4.78, 5) is 22.1. The molecule has 8 nitrogen and oxygen atoms in total. The molecule has 0 aliphatic rings. The topological polar surface area (TPSA) is 110 Å². The lowest BCUT2D eigenvalue weighted by atomic mass is 10.2. The van der Waals surface area contributed by atoms with E-state index in [1.165, 1.54) is 35.6 Å². The molecule has 0 saturated carbocycles. The molecule has 1 aromatic carbocycles. The van der Waals surface area contributed by atoms with Crippen LogP contribution in [0.25, 0.3) is 0 Å². The number of hydrogen-bond acceptors (Lipinski definition) is 7. The number of amides is 1. The monoisotopic (exact) mass is 337 g/mol. The van der Waals surface area contributed by atoms with E-state index in [-0.39, 0.29) is 16.4 Å². The minimum atomic E-state index is -0.569. The molecule has 0 spiro atoms. The number of benzene rings is 1. The highest BCUT2D eigenvalue weighted by atomic mass is 32.1. The second-order valence-corrected chi connectivity index (χ2v) is 5.54. The van der Waals surface area contributed by atoms with Gasteiger partial charge in [0, 0.05) is 17.7 Å². The fraction of sp³-hybridized carbons (Fsp3) is 0.167. The summed E-state index contributed by atoms with van der Waals surface area (Å²) in [5.74, 6) is -0.540. The molecule has 0 aliphatic carbocycles. The zero-order valence-corrected chi connectivity index (χ0v) is 13.0. The predicted octanol–water partition coefficient (Wildman–Crippen LogP) is 2.14. The Kier molecular flexibility index (Phi) is 5.07. The maximum atomic E-state index is 12.0. The quantitative estimate of drug-likeness (QED) is 0.499. The van der Waals surface area contributed by atoms with Gasteiger partial charge >= 0.3 is 0 Å². The standard InChI is InChI=1S/C12H11N5O3S2/c1-2-9-15-16-12(22-9)14-11(21)13-10(18)7-4-3-5-8(6-7)17(19)20/h3-6H,2H2,1H3,(H2,13,14,16,18,21). The average Bonchev–Trinajstić information content (AvgIpc) is 2.94. The van der Waals surface area contributed by atoms with Gasteiger partial charge in [-0.1, -0.05) is 24.3 Å². The summed E-state index contributed by atoms with van der Waals surface area (Å²) in [5.41, 5.74) is -0.0203. The lowest BCUT2D eigenvalue weighted by Gasteiger charge is -2.06. The molecule has 1 heterocycles. The molecule has 1 aromatic heterocycles. The van der Waals surface area contributed by atoms with E-state index in [2.05, 4.69) is 20.8 Å². The summed E-state index contributed by atoms with van der Waals surface area (Å²) in [6.45, 7) is 1.95. The van der Waals surface area contributed by atoms with Crippen LogP contribution >= 0.6 is 23.6 Å². The van der Waals surface area contributed by atoms with Gasteiger partial charge in [0.15, 0.2) is 5.11 Å². The van der Waals surface area contributed by atoms with Crippen molar-refractivity contribution in [3.05, 3.63) is 45.0 Å². The third-order valence-corrected chi connectivity index (χ3v) is 3.72. The molecular weight excluding hydrogens is 326 g/mol. The molecule has 0 saturated heterocycles. The Morgan fingerprint density at radius 2 is 2.23 bits per heavy atom. The second kappa shape index (κ2) is 7.00. The molecule has 0 fully saturated rings. The van der Waals surface area contributed by atoms with Gasteiger partial charge in [0.2, 0.25) is 5.13 Å². The summed E-state index contributed by atoms with van der Waals surface area (Å²) in [7, 11) is 0. The zero-order chi connectivity index (χ0) is 16.1. The van der Waals surface area contributed by atoms with Gasteiger partial charge < -0.3 is 5.32 Å². The fourth-order valence-corrected chi connectivity index (χ4v) is 2.45. The first-order chi connectivity index (χ1) is 10.5. The van der Waals surface area contributed by atoms with Crippen LogP contribution in [0.4, 0.5) is 10.8 Å². The highest BCUT2D eigenvalue weighted by Crippen LogP contribution is 2.15. The van der Waals surface area contributed by atoms with E-state index in [4.69, 9.17) is 12.2 Å². The third-order valence-electron chi connectivity index (χ3n) is 2.54. The number of anilines is 1. The third kappa shape index (κ3) is 4.02. The van der Waals surface area contributed by atoms with Crippen LogP contribution in [0.3, 0.4) is 0 Å². The lowest BCUT2D eigenvalue weighted by Crippen LogP contribution is -2.34. The van der Waals surface area contributed by atoms with Crippen molar-refractivity contribution in [1.82, 2.24) is 15.5 Å². The minimum Gasteiger partial charge on any atom is -0.307 e. The largest absolute Gasteiger partial charge is 0.307 e. The number of hydrogen-bond donors (Lipinski definition) is 2. The summed E-state index contributed by atoms with van der Waals surface area (Å²) in [6.07, 6.45) is 0.756. The Morgan fingerprint density at radius 3 is 2.86 bits per heavy atom. The van der Waals surface area contributed by atoms with Crippen molar-refractivity contribution in [3.8, 4) is 0 Å². The van der Waals surface area contributed by atoms with Gasteiger partial charge in [0.25, 0.3) is 11.6 Å². The van der Waals surface area contributed by atoms with Crippen LogP contribution in [-0.4, -0.2) is 26.1 Å². The maximum Gasteiger partial charge on any atom is 0.270 e. The highest BCUT2D eigenvalue weighted by Gasteiger charge is 2.13. The zero-order valence-electron chi connectivity index (χ0n) is 11.4. The Labute approximate surface area is 134 Å². The molecule has 10 heteroatoms. The number of nitro benzene ring substituents is 1. The van der Waals surface area contributed by atoms with Crippen molar-refractivity contribution in [2.45, 2.75) is 13.3 Å². The van der Waals surface area contributed by atoms with Crippen molar-refractivity contribution in [2.24, 2.45) is 0 Å². The van der Waals surface area contributed by atoms with E-state index in [1.54, 1.807) is 0 Å². The van der Waals surface area contributed by atoms with Gasteiger partial charge in [-0.05, 0) is 24.7 Å². The number of carbonyl (C=O) groups is 1. The molecule has 0 unspecified atom stereocenters. The molecular formula is C12H11N5O3S2. The number of aryl methyl sites for hydroxylation is 1. The summed E-state index contributed by atoms with van der Waals surface area (Å²) >= 11 is 6.33. The average molecular weight is 337 g/mol. The molecule has 0 bridgehead atoms. The van der Waals surface area contributed by atoms with E-state index in [9.17, 15) is 14.9 Å². The minimum absolute atomic E-state index is 0.0512. The normalized spacial score (nSPS) is 10.0. The van der Waals surface area contributed by atoms with E-state index in [1.807, 2.05) is 6.92 Å². The molecule has 2 aromatic rings. The Morgan fingerprint density at radius 1 is 1.45 bits per heavy atom. The number of rotatable bonds is 4. The first kappa shape index (κ1) is 15.9. The van der Waals surface area contributed by atoms with Crippen molar-refractivity contribution in [3.63, 3.8) is 0 Å². The van der Waals surface area contributed by atoms with Crippen LogP contribution < -0.4 is 10.6 Å². The second-order valence-electron chi connectivity index (χ2n) is 4.07. The Balaban J connectivity index is 2.00. The molecule has 22 heavy (non-hydrogen) atoms. The van der Waals surface area contributed by atoms with Gasteiger partial charge in [-0.25, -0.2) is 0 Å². The van der Waals surface area contributed by atoms with Crippen LogP contribution in [0.5, 0.6) is 0 Å². The van der Waals surface area contributed by atoms with Crippen LogP contribution in [0, 0.1) is 10.1 Å². The molecule has 0 radical (unpaired) electrons. The van der Waals surface area contributed by atoms with Crippen molar-refractivity contribution in [2.75, 3.05) is 5.32 Å². The van der Waals surface area contributed by atoms with Crippen LogP contribution in [0.15, 0.2) is 24.3 Å². The van der Waals surface area contributed by atoms with E-state index in [0.29, 0.717) is 5.13 Å². The highest BCUT2D eigenvalue weighted by molar-refractivity contribution is 7.80. The van der Waals surface area contributed by atoms with E-state index < -0.39 is 10.8 Å². The van der Waals surface area contributed by atoms with Gasteiger partial charge in [0.05, 0.1) is 4.92 Å². The van der Waals surface area contributed by atoms with Gasteiger partial charge in [-0.3, -0.25) is 20.2 Å². The van der Waals surface area contributed by atoms with Crippen molar-refractivity contribution in [1.29, 1.82) is 0 Å². The number of thiocarbonyl (C=S) groups is 1. The smallest absolute Gasteiger partial charge is 0.270 e. The van der Waals surface area contributed by atoms with Crippen molar-refractivity contribution < 1.29 is 9.72 Å². The summed E-state index contributed by atoms with van der Waals surface area (Å²) < 4.78 is 0. The van der Waals surface area contributed by atoms with Crippen LogP contribution in [0.2, 0.25) is 0 Å². The lowest BCUT2D eigenvalue weighted by molar-refractivity contribution is -0.384. The van der Waals surface area contributed by atoms with Crippen LogP contribution in [0.1, 0.15) is 22.3 Å². The van der Waals surface area contributed by atoms with Gasteiger partial charge in [-0.2, -0.15) is 0 Å². The molecule has 1 amide bonds. The molecule has 2 N–H and O–H groups in total. The Bertz CT molecular complexity index is 731. The van der Waals surface area contributed by atoms with Gasteiger partial charge in [0.1, 0.15) is 5.01 Å². The number of nitrogens with one attached hydrogen (secondary N) is 2. The van der Waals surface area contributed by atoms with Gasteiger partial charge in [-0.15, -0.1) is 10.2 Å². The van der Waals surface area contributed by atoms with E-state index in [0.717, 1.165) is 11.4 Å². The number of carbonyl (C=O) groups excluding carboxylic acids is 1. The Hall–Kier alpha value is -2.46. The van der Waals surface area contributed by atoms with Crippen LogP contribution in [-0.2, 0) is 6.42 Å². The van der Waals surface area contributed by atoms with E-state index >= 15 is 0 Å². The first-order valence-electron chi connectivity index (χ1n) is 6.18. The molecule has 114 valence electrons.